The predicted molar refractivity (Wildman–Crippen MR) is 87.7 cm³/mol. The number of nitrogens with zero attached hydrogens (tertiary/aromatic N) is 1. The zero-order valence-electron chi connectivity index (χ0n) is 12.2. The molecule has 0 fully saturated rings. The lowest BCUT2D eigenvalue weighted by Gasteiger charge is -1.95. The Hall–Kier alpha value is -2.07. The molecule has 5 heteroatoms. The first-order valence-corrected chi connectivity index (χ1v) is 6.53. The third kappa shape index (κ3) is 8.65. The average Bonchev–Trinajstić information content (AvgIpc) is 2.46. The van der Waals surface area contributed by atoms with Gasteiger partial charge in [0.1, 0.15) is 6.61 Å². The van der Waals surface area contributed by atoms with E-state index in [9.17, 15) is 4.79 Å². The summed E-state index contributed by atoms with van der Waals surface area (Å²) in [6.07, 6.45) is 8.41. The third-order valence-corrected chi connectivity index (χ3v) is 2.26. The van der Waals surface area contributed by atoms with Gasteiger partial charge in [-0.05, 0) is 25.0 Å². The van der Waals surface area contributed by atoms with E-state index in [0.29, 0.717) is 13.2 Å². The highest BCUT2D eigenvalue weighted by Crippen LogP contribution is 2.05. The summed E-state index contributed by atoms with van der Waals surface area (Å²) in [6, 6.07) is 7.80. The fourth-order valence-corrected chi connectivity index (χ4v) is 1.36. The van der Waals surface area contributed by atoms with Crippen LogP contribution >= 0.6 is 12.4 Å². The molecule has 4 nitrogen and oxygen atoms in total. The van der Waals surface area contributed by atoms with Crippen LogP contribution in [0.1, 0.15) is 25.0 Å². The average molecular weight is 310 g/mol. The Bertz CT molecular complexity index is 493. The molecule has 0 aromatic heterocycles. The minimum absolute atomic E-state index is 0. The first-order valence-electron chi connectivity index (χ1n) is 6.53. The van der Waals surface area contributed by atoms with Crippen LogP contribution in [0, 0.1) is 0 Å². The number of carbonyl (C=O) groups excluding carboxylic acids is 1. The Morgan fingerprint density at radius 3 is 2.38 bits per heavy atom. The summed E-state index contributed by atoms with van der Waals surface area (Å²) in [5, 5.41) is 3.80. The van der Waals surface area contributed by atoms with E-state index < -0.39 is 0 Å². The van der Waals surface area contributed by atoms with E-state index in [4.69, 9.17) is 9.57 Å². The normalized spacial score (nSPS) is 11.0. The van der Waals surface area contributed by atoms with Gasteiger partial charge in [-0.2, -0.15) is 0 Å². The molecule has 0 atom stereocenters. The SMILES string of the molecule is CCO/N=C/c1ccc(/C=C/C=C/C(=O)OCC)cc1.Cl. The molecular formula is C16H20ClNO3. The van der Waals surface area contributed by atoms with Crippen LogP contribution in [-0.4, -0.2) is 25.4 Å². The molecule has 0 saturated carbocycles. The first-order chi connectivity index (χ1) is 9.76. The van der Waals surface area contributed by atoms with Crippen LogP contribution in [0.2, 0.25) is 0 Å². The summed E-state index contributed by atoms with van der Waals surface area (Å²) in [7, 11) is 0. The minimum atomic E-state index is -0.334. The quantitative estimate of drug-likeness (QED) is 0.254. The number of carbonyl (C=O) groups is 1. The molecule has 0 unspecified atom stereocenters. The number of allylic oxidation sites excluding steroid dienone is 2. The molecule has 0 bridgehead atoms. The molecule has 1 aromatic carbocycles. The zero-order valence-corrected chi connectivity index (χ0v) is 13.0. The van der Waals surface area contributed by atoms with Crippen LogP contribution in [0.5, 0.6) is 0 Å². The number of esters is 1. The Kier molecular flexibility index (Phi) is 10.6. The monoisotopic (exact) mass is 309 g/mol. The van der Waals surface area contributed by atoms with Crippen molar-refractivity contribution in [2.24, 2.45) is 5.16 Å². The zero-order chi connectivity index (χ0) is 14.6. The fourth-order valence-electron chi connectivity index (χ4n) is 1.36. The molecule has 0 heterocycles. The van der Waals surface area contributed by atoms with Crippen molar-refractivity contribution in [3.63, 3.8) is 0 Å². The second-order valence-electron chi connectivity index (χ2n) is 3.79. The van der Waals surface area contributed by atoms with E-state index in [1.807, 2.05) is 37.3 Å². The van der Waals surface area contributed by atoms with Crippen molar-refractivity contribution < 1.29 is 14.4 Å². The fraction of sp³-hybridized carbons (Fsp3) is 0.250. The van der Waals surface area contributed by atoms with Crippen LogP contribution in [0.15, 0.2) is 47.6 Å². The second-order valence-corrected chi connectivity index (χ2v) is 3.79. The van der Waals surface area contributed by atoms with Gasteiger partial charge in [-0.3, -0.25) is 0 Å². The molecule has 114 valence electrons. The van der Waals surface area contributed by atoms with E-state index in [2.05, 4.69) is 5.16 Å². The highest BCUT2D eigenvalue weighted by molar-refractivity contribution is 5.85. The van der Waals surface area contributed by atoms with Gasteiger partial charge in [0.15, 0.2) is 0 Å². The van der Waals surface area contributed by atoms with Crippen molar-refractivity contribution in [2.75, 3.05) is 13.2 Å². The second kappa shape index (κ2) is 11.7. The molecular weight excluding hydrogens is 290 g/mol. The van der Waals surface area contributed by atoms with E-state index in [1.54, 1.807) is 25.3 Å². The number of benzene rings is 1. The number of rotatable bonds is 7. The molecule has 0 spiro atoms. The van der Waals surface area contributed by atoms with Crippen molar-refractivity contribution in [1.29, 1.82) is 0 Å². The van der Waals surface area contributed by atoms with Gasteiger partial charge < -0.3 is 9.57 Å². The maximum absolute atomic E-state index is 11.1. The van der Waals surface area contributed by atoms with E-state index >= 15 is 0 Å². The number of halogens is 1. The molecule has 0 radical (unpaired) electrons. The highest BCUT2D eigenvalue weighted by atomic mass is 35.5. The summed E-state index contributed by atoms with van der Waals surface area (Å²) in [5.41, 5.74) is 2.00. The van der Waals surface area contributed by atoms with E-state index in [0.717, 1.165) is 11.1 Å². The molecule has 0 N–H and O–H groups in total. The lowest BCUT2D eigenvalue weighted by atomic mass is 10.1. The van der Waals surface area contributed by atoms with Gasteiger partial charge >= 0.3 is 5.97 Å². The highest BCUT2D eigenvalue weighted by Gasteiger charge is 1.91. The van der Waals surface area contributed by atoms with Gasteiger partial charge in [-0.25, -0.2) is 4.79 Å². The predicted octanol–water partition coefficient (Wildman–Crippen LogP) is 3.61. The Labute approximate surface area is 131 Å². The molecule has 0 aliphatic carbocycles. The minimum Gasteiger partial charge on any atom is -0.463 e. The van der Waals surface area contributed by atoms with Crippen LogP contribution in [-0.2, 0) is 14.4 Å². The summed E-state index contributed by atoms with van der Waals surface area (Å²) >= 11 is 0. The third-order valence-electron chi connectivity index (χ3n) is 2.26. The molecule has 0 saturated heterocycles. The van der Waals surface area contributed by atoms with Crippen molar-refractivity contribution >= 4 is 30.7 Å². The number of ether oxygens (including phenoxy) is 1. The first kappa shape index (κ1) is 18.9. The molecule has 1 rings (SSSR count). The lowest BCUT2D eigenvalue weighted by Crippen LogP contribution is -1.98. The standard InChI is InChI=1S/C16H19NO3.ClH/c1-3-19-16(18)8-6-5-7-14-9-11-15(12-10-14)13-17-20-4-2;/h5-13H,3-4H2,1-2H3;1H/b7-5+,8-6+,17-13+;. The van der Waals surface area contributed by atoms with Gasteiger partial charge in [0.2, 0.25) is 0 Å². The molecule has 21 heavy (non-hydrogen) atoms. The van der Waals surface area contributed by atoms with Crippen LogP contribution in [0.3, 0.4) is 0 Å². The van der Waals surface area contributed by atoms with Crippen LogP contribution in [0.25, 0.3) is 6.08 Å². The van der Waals surface area contributed by atoms with Gasteiger partial charge in [0.25, 0.3) is 0 Å². The molecule has 1 aromatic rings. The smallest absolute Gasteiger partial charge is 0.330 e. The van der Waals surface area contributed by atoms with Gasteiger partial charge in [0.05, 0.1) is 12.8 Å². The van der Waals surface area contributed by atoms with Crippen molar-refractivity contribution in [3.05, 3.63) is 53.6 Å². The molecule has 0 aliphatic heterocycles. The lowest BCUT2D eigenvalue weighted by molar-refractivity contribution is -0.137. The van der Waals surface area contributed by atoms with Crippen molar-refractivity contribution in [1.82, 2.24) is 0 Å². The Morgan fingerprint density at radius 2 is 1.76 bits per heavy atom. The molecule has 0 aliphatic rings. The van der Waals surface area contributed by atoms with E-state index in [-0.39, 0.29) is 18.4 Å². The van der Waals surface area contributed by atoms with Gasteiger partial charge in [0, 0.05) is 6.08 Å². The number of oxime groups is 1. The van der Waals surface area contributed by atoms with Gasteiger partial charge in [-0.1, -0.05) is 47.6 Å². The van der Waals surface area contributed by atoms with Crippen LogP contribution in [0.4, 0.5) is 0 Å². The summed E-state index contributed by atoms with van der Waals surface area (Å²) in [5.74, 6) is -0.334. The number of hydrogen-bond donors (Lipinski definition) is 0. The number of hydrogen-bond acceptors (Lipinski definition) is 4. The Balaban J connectivity index is 0.00000400. The van der Waals surface area contributed by atoms with Crippen molar-refractivity contribution in [2.45, 2.75) is 13.8 Å². The summed E-state index contributed by atoms with van der Waals surface area (Å²) in [6.45, 7) is 4.61. The summed E-state index contributed by atoms with van der Waals surface area (Å²) in [4.78, 5) is 15.9. The largest absolute Gasteiger partial charge is 0.463 e. The van der Waals surface area contributed by atoms with Crippen LogP contribution < -0.4 is 0 Å². The van der Waals surface area contributed by atoms with E-state index in [1.165, 1.54) is 6.08 Å². The van der Waals surface area contributed by atoms with Gasteiger partial charge in [-0.15, -0.1) is 12.4 Å². The summed E-state index contributed by atoms with van der Waals surface area (Å²) < 4.78 is 4.77. The topological polar surface area (TPSA) is 47.9 Å². The maximum atomic E-state index is 11.1. The Morgan fingerprint density at radius 1 is 1.10 bits per heavy atom. The van der Waals surface area contributed by atoms with Crippen molar-refractivity contribution in [3.8, 4) is 0 Å². The maximum Gasteiger partial charge on any atom is 0.330 e. The molecule has 0 amide bonds.